The SMILES string of the molecule is C=CC(=O)N1CCC(C(=O)Nc2cc(C)cc(C)c2O)CC1. The number of carbonyl (C=O) groups is 2. The molecule has 1 aliphatic rings. The molecule has 1 heterocycles. The minimum Gasteiger partial charge on any atom is -0.505 e. The maximum Gasteiger partial charge on any atom is 0.245 e. The van der Waals surface area contributed by atoms with Gasteiger partial charge in [-0.25, -0.2) is 0 Å². The van der Waals surface area contributed by atoms with E-state index in [2.05, 4.69) is 11.9 Å². The second kappa shape index (κ2) is 6.64. The molecule has 0 aromatic heterocycles. The Morgan fingerprint density at radius 3 is 2.55 bits per heavy atom. The van der Waals surface area contributed by atoms with Gasteiger partial charge in [-0.2, -0.15) is 0 Å². The molecule has 1 aromatic rings. The Kier molecular flexibility index (Phi) is 4.85. The summed E-state index contributed by atoms with van der Waals surface area (Å²) in [4.78, 5) is 25.6. The van der Waals surface area contributed by atoms with Crippen molar-refractivity contribution < 1.29 is 14.7 Å². The van der Waals surface area contributed by atoms with Crippen LogP contribution in [0.1, 0.15) is 24.0 Å². The van der Waals surface area contributed by atoms with Crippen LogP contribution >= 0.6 is 0 Å². The zero-order chi connectivity index (χ0) is 16.3. The van der Waals surface area contributed by atoms with Gasteiger partial charge in [-0.15, -0.1) is 0 Å². The molecular formula is C17H22N2O3. The van der Waals surface area contributed by atoms with Crippen molar-refractivity contribution >= 4 is 17.5 Å². The number of nitrogens with zero attached hydrogens (tertiary/aromatic N) is 1. The Labute approximate surface area is 130 Å². The van der Waals surface area contributed by atoms with Crippen molar-refractivity contribution in [3.05, 3.63) is 35.9 Å². The number of aromatic hydroxyl groups is 1. The van der Waals surface area contributed by atoms with Gasteiger partial charge in [0.1, 0.15) is 5.75 Å². The zero-order valence-electron chi connectivity index (χ0n) is 13.1. The lowest BCUT2D eigenvalue weighted by molar-refractivity contribution is -0.130. The van der Waals surface area contributed by atoms with E-state index in [1.165, 1.54) is 6.08 Å². The molecule has 0 spiro atoms. The van der Waals surface area contributed by atoms with Gasteiger partial charge in [-0.1, -0.05) is 12.6 Å². The van der Waals surface area contributed by atoms with Gasteiger partial charge in [-0.05, 0) is 50.0 Å². The largest absolute Gasteiger partial charge is 0.505 e. The molecule has 2 amide bonds. The number of aryl methyl sites for hydroxylation is 2. The fourth-order valence-electron chi connectivity index (χ4n) is 2.78. The Bertz CT molecular complexity index is 602. The summed E-state index contributed by atoms with van der Waals surface area (Å²) < 4.78 is 0. The van der Waals surface area contributed by atoms with Gasteiger partial charge in [0.2, 0.25) is 11.8 Å². The van der Waals surface area contributed by atoms with E-state index >= 15 is 0 Å². The van der Waals surface area contributed by atoms with Crippen LogP contribution in [0.3, 0.4) is 0 Å². The number of amides is 2. The summed E-state index contributed by atoms with van der Waals surface area (Å²) in [5, 5.41) is 12.8. The molecule has 1 saturated heterocycles. The Balaban J connectivity index is 2.00. The molecule has 1 aromatic carbocycles. The predicted molar refractivity (Wildman–Crippen MR) is 85.7 cm³/mol. The van der Waals surface area contributed by atoms with E-state index in [0.717, 1.165) is 11.1 Å². The van der Waals surface area contributed by atoms with Gasteiger partial charge in [0.25, 0.3) is 0 Å². The van der Waals surface area contributed by atoms with Crippen molar-refractivity contribution in [2.45, 2.75) is 26.7 Å². The maximum absolute atomic E-state index is 12.3. The van der Waals surface area contributed by atoms with Crippen LogP contribution in [0.15, 0.2) is 24.8 Å². The first-order valence-corrected chi connectivity index (χ1v) is 7.44. The average Bonchev–Trinajstić information content (AvgIpc) is 2.51. The van der Waals surface area contributed by atoms with Crippen molar-refractivity contribution in [1.29, 1.82) is 0 Å². The summed E-state index contributed by atoms with van der Waals surface area (Å²) in [7, 11) is 0. The van der Waals surface area contributed by atoms with Crippen LogP contribution in [-0.4, -0.2) is 34.9 Å². The lowest BCUT2D eigenvalue weighted by atomic mass is 9.95. The van der Waals surface area contributed by atoms with E-state index in [1.54, 1.807) is 17.9 Å². The molecule has 0 unspecified atom stereocenters. The number of rotatable bonds is 3. The second-order valence-electron chi connectivity index (χ2n) is 5.77. The van der Waals surface area contributed by atoms with Gasteiger partial charge >= 0.3 is 0 Å². The highest BCUT2D eigenvalue weighted by Crippen LogP contribution is 2.30. The Morgan fingerprint density at radius 1 is 1.32 bits per heavy atom. The summed E-state index contributed by atoms with van der Waals surface area (Å²) in [6.45, 7) is 8.31. The van der Waals surface area contributed by atoms with Crippen LogP contribution in [0, 0.1) is 19.8 Å². The van der Waals surface area contributed by atoms with E-state index in [4.69, 9.17) is 0 Å². The van der Waals surface area contributed by atoms with E-state index in [1.807, 2.05) is 13.0 Å². The van der Waals surface area contributed by atoms with Crippen molar-refractivity contribution in [3.63, 3.8) is 0 Å². The molecule has 1 aliphatic heterocycles. The number of carbonyl (C=O) groups excluding carboxylic acids is 2. The minimum atomic E-state index is -0.144. The van der Waals surface area contributed by atoms with Crippen LogP contribution in [0.5, 0.6) is 5.75 Å². The van der Waals surface area contributed by atoms with Crippen LogP contribution < -0.4 is 5.32 Å². The van der Waals surface area contributed by atoms with Gasteiger partial charge in [-0.3, -0.25) is 9.59 Å². The fraction of sp³-hybridized carbons (Fsp3) is 0.412. The lowest BCUT2D eigenvalue weighted by Crippen LogP contribution is -2.40. The number of anilines is 1. The smallest absolute Gasteiger partial charge is 0.245 e. The second-order valence-corrected chi connectivity index (χ2v) is 5.77. The molecule has 0 aliphatic carbocycles. The maximum atomic E-state index is 12.3. The number of phenols is 1. The number of phenolic OH excluding ortho intramolecular Hbond substituents is 1. The third kappa shape index (κ3) is 3.47. The highest BCUT2D eigenvalue weighted by atomic mass is 16.3. The molecule has 0 bridgehead atoms. The number of hydrogen-bond acceptors (Lipinski definition) is 3. The molecule has 0 saturated carbocycles. The minimum absolute atomic E-state index is 0.0918. The predicted octanol–water partition coefficient (Wildman–Crippen LogP) is 2.37. The zero-order valence-corrected chi connectivity index (χ0v) is 13.1. The highest BCUT2D eigenvalue weighted by Gasteiger charge is 2.27. The van der Waals surface area contributed by atoms with Gasteiger partial charge in [0.05, 0.1) is 5.69 Å². The van der Waals surface area contributed by atoms with Crippen LogP contribution in [0.2, 0.25) is 0 Å². The Hall–Kier alpha value is -2.30. The van der Waals surface area contributed by atoms with Crippen molar-refractivity contribution in [2.75, 3.05) is 18.4 Å². The van der Waals surface area contributed by atoms with Crippen molar-refractivity contribution in [1.82, 2.24) is 4.90 Å². The third-order valence-corrected chi connectivity index (χ3v) is 4.05. The van der Waals surface area contributed by atoms with E-state index < -0.39 is 0 Å². The standard InChI is InChI=1S/C17H22N2O3/c1-4-15(20)19-7-5-13(6-8-19)17(22)18-14-10-11(2)9-12(3)16(14)21/h4,9-10,13,21H,1,5-8H2,2-3H3,(H,18,22). The molecular weight excluding hydrogens is 280 g/mol. The molecule has 2 rings (SSSR count). The molecule has 2 N–H and O–H groups in total. The van der Waals surface area contributed by atoms with Crippen LogP contribution in [0.25, 0.3) is 0 Å². The molecule has 5 heteroatoms. The van der Waals surface area contributed by atoms with Gasteiger partial charge < -0.3 is 15.3 Å². The number of hydrogen-bond donors (Lipinski definition) is 2. The fourth-order valence-corrected chi connectivity index (χ4v) is 2.78. The summed E-state index contributed by atoms with van der Waals surface area (Å²) in [6, 6.07) is 3.63. The van der Waals surface area contributed by atoms with E-state index in [-0.39, 0.29) is 23.5 Å². The normalized spacial score (nSPS) is 15.5. The summed E-state index contributed by atoms with van der Waals surface area (Å²) in [6.07, 6.45) is 2.54. The molecule has 118 valence electrons. The van der Waals surface area contributed by atoms with Crippen LogP contribution in [-0.2, 0) is 9.59 Å². The Morgan fingerprint density at radius 2 is 1.95 bits per heavy atom. The van der Waals surface area contributed by atoms with E-state index in [0.29, 0.717) is 31.6 Å². The van der Waals surface area contributed by atoms with Crippen LogP contribution in [0.4, 0.5) is 5.69 Å². The highest BCUT2D eigenvalue weighted by molar-refractivity contribution is 5.94. The summed E-state index contributed by atoms with van der Waals surface area (Å²) in [5.41, 5.74) is 2.17. The van der Waals surface area contributed by atoms with Crippen molar-refractivity contribution in [2.24, 2.45) is 5.92 Å². The molecule has 22 heavy (non-hydrogen) atoms. The summed E-state index contributed by atoms with van der Waals surface area (Å²) in [5.74, 6) is -0.232. The summed E-state index contributed by atoms with van der Waals surface area (Å²) >= 11 is 0. The lowest BCUT2D eigenvalue weighted by Gasteiger charge is -2.30. The number of benzene rings is 1. The number of nitrogens with one attached hydrogen (secondary N) is 1. The van der Waals surface area contributed by atoms with Gasteiger partial charge in [0.15, 0.2) is 0 Å². The quantitative estimate of drug-likeness (QED) is 0.665. The molecule has 0 atom stereocenters. The van der Waals surface area contributed by atoms with Crippen molar-refractivity contribution in [3.8, 4) is 5.75 Å². The molecule has 5 nitrogen and oxygen atoms in total. The monoisotopic (exact) mass is 302 g/mol. The third-order valence-electron chi connectivity index (χ3n) is 4.05. The molecule has 0 radical (unpaired) electrons. The first kappa shape index (κ1) is 16.1. The first-order chi connectivity index (χ1) is 10.4. The average molecular weight is 302 g/mol. The number of piperidine rings is 1. The number of likely N-dealkylation sites (tertiary alicyclic amines) is 1. The first-order valence-electron chi connectivity index (χ1n) is 7.44. The van der Waals surface area contributed by atoms with E-state index in [9.17, 15) is 14.7 Å². The topological polar surface area (TPSA) is 69.6 Å². The van der Waals surface area contributed by atoms with Gasteiger partial charge in [0, 0.05) is 19.0 Å². The molecule has 1 fully saturated rings.